The van der Waals surface area contributed by atoms with Crippen molar-refractivity contribution in [3.05, 3.63) is 71.9 Å². The second-order valence-electron chi connectivity index (χ2n) is 5.46. The molecule has 0 amide bonds. The summed E-state index contributed by atoms with van der Waals surface area (Å²) in [5.41, 5.74) is 4.04. The number of nitrogens with zero attached hydrogens (tertiary/aromatic N) is 1. The summed E-state index contributed by atoms with van der Waals surface area (Å²) in [6.45, 7) is 5.13. The van der Waals surface area contributed by atoms with Gasteiger partial charge in [-0.3, -0.25) is 0 Å². The number of nitrogens with one attached hydrogen (secondary N) is 1. The van der Waals surface area contributed by atoms with Crippen LogP contribution >= 0.6 is 0 Å². The molecule has 3 rings (SSSR count). The van der Waals surface area contributed by atoms with Crippen molar-refractivity contribution in [3.8, 4) is 0 Å². The molecule has 0 saturated carbocycles. The van der Waals surface area contributed by atoms with Gasteiger partial charge in [0.25, 0.3) is 0 Å². The van der Waals surface area contributed by atoms with Crippen LogP contribution in [0.3, 0.4) is 0 Å². The van der Waals surface area contributed by atoms with Crippen LogP contribution in [-0.4, -0.2) is 11.1 Å². The molecule has 0 unspecified atom stereocenters. The van der Waals surface area contributed by atoms with Crippen molar-refractivity contribution in [1.29, 1.82) is 0 Å². The third kappa shape index (κ3) is 3.17. The maximum Gasteiger partial charge on any atom is 0.0486 e. The van der Waals surface area contributed by atoms with Crippen LogP contribution in [0.1, 0.15) is 24.5 Å². The number of benzene rings is 2. The third-order valence-electron chi connectivity index (χ3n) is 3.81. The molecule has 1 heterocycles. The van der Waals surface area contributed by atoms with Gasteiger partial charge in [-0.25, -0.2) is 0 Å². The molecule has 0 aliphatic carbocycles. The van der Waals surface area contributed by atoms with Gasteiger partial charge in [-0.15, -0.1) is 0 Å². The number of fused-ring (bicyclic) bond motifs is 1. The molecule has 2 heteroatoms. The molecule has 0 aliphatic heterocycles. The Morgan fingerprint density at radius 3 is 2.52 bits per heavy atom. The van der Waals surface area contributed by atoms with Gasteiger partial charge in [-0.1, -0.05) is 55.5 Å². The first-order valence-corrected chi connectivity index (χ1v) is 7.70. The Labute approximate surface area is 126 Å². The summed E-state index contributed by atoms with van der Waals surface area (Å²) in [7, 11) is 0. The molecule has 0 spiro atoms. The zero-order valence-corrected chi connectivity index (χ0v) is 12.5. The van der Waals surface area contributed by atoms with Crippen LogP contribution in [-0.2, 0) is 13.1 Å². The minimum atomic E-state index is 0.926. The Kier molecular flexibility index (Phi) is 4.37. The molecule has 0 fully saturated rings. The number of para-hydroxylation sites is 1. The molecule has 0 bridgehead atoms. The Balaban J connectivity index is 1.91. The van der Waals surface area contributed by atoms with Crippen molar-refractivity contribution >= 4 is 10.9 Å². The van der Waals surface area contributed by atoms with Gasteiger partial charge in [0, 0.05) is 30.2 Å². The highest BCUT2D eigenvalue weighted by molar-refractivity contribution is 5.84. The van der Waals surface area contributed by atoms with Crippen molar-refractivity contribution in [1.82, 2.24) is 9.88 Å². The predicted octanol–water partition coefficient (Wildman–Crippen LogP) is 4.19. The first-order chi connectivity index (χ1) is 10.4. The summed E-state index contributed by atoms with van der Waals surface area (Å²) < 4.78 is 2.35. The maximum atomic E-state index is 3.51. The van der Waals surface area contributed by atoms with E-state index in [4.69, 9.17) is 0 Å². The van der Waals surface area contributed by atoms with E-state index in [0.717, 1.165) is 19.6 Å². The van der Waals surface area contributed by atoms with Gasteiger partial charge < -0.3 is 9.88 Å². The average molecular weight is 278 g/mol. The SMILES string of the molecule is CCCNCc1cn(Cc2ccccc2)c2ccccc12. The van der Waals surface area contributed by atoms with Crippen LogP contribution in [0.25, 0.3) is 10.9 Å². The summed E-state index contributed by atoms with van der Waals surface area (Å²) >= 11 is 0. The fourth-order valence-electron chi connectivity index (χ4n) is 2.77. The largest absolute Gasteiger partial charge is 0.343 e. The second-order valence-corrected chi connectivity index (χ2v) is 5.46. The highest BCUT2D eigenvalue weighted by atomic mass is 15.0. The second kappa shape index (κ2) is 6.59. The van der Waals surface area contributed by atoms with Crippen LogP contribution in [0.15, 0.2) is 60.8 Å². The monoisotopic (exact) mass is 278 g/mol. The van der Waals surface area contributed by atoms with E-state index in [1.54, 1.807) is 0 Å². The van der Waals surface area contributed by atoms with E-state index in [9.17, 15) is 0 Å². The third-order valence-corrected chi connectivity index (χ3v) is 3.81. The maximum absolute atomic E-state index is 3.51. The van der Waals surface area contributed by atoms with Crippen LogP contribution < -0.4 is 5.32 Å². The van der Waals surface area contributed by atoms with Crippen molar-refractivity contribution in [2.75, 3.05) is 6.54 Å². The van der Waals surface area contributed by atoms with E-state index in [1.165, 1.54) is 28.5 Å². The summed E-state index contributed by atoms with van der Waals surface area (Å²) in [6, 6.07) is 19.3. The van der Waals surface area contributed by atoms with Crippen molar-refractivity contribution in [3.63, 3.8) is 0 Å². The molecule has 0 saturated heterocycles. The lowest BCUT2D eigenvalue weighted by Gasteiger charge is -2.05. The van der Waals surface area contributed by atoms with Gasteiger partial charge in [-0.2, -0.15) is 0 Å². The highest BCUT2D eigenvalue weighted by Crippen LogP contribution is 2.22. The normalized spacial score (nSPS) is 11.1. The van der Waals surface area contributed by atoms with Crippen molar-refractivity contribution in [2.45, 2.75) is 26.4 Å². The molecule has 21 heavy (non-hydrogen) atoms. The zero-order valence-electron chi connectivity index (χ0n) is 12.5. The van der Waals surface area contributed by atoms with E-state index >= 15 is 0 Å². The van der Waals surface area contributed by atoms with Gasteiger partial charge >= 0.3 is 0 Å². The standard InChI is InChI=1S/C19H22N2/c1-2-12-20-13-17-15-21(14-16-8-4-3-5-9-16)19-11-7-6-10-18(17)19/h3-11,15,20H,2,12-14H2,1H3. The fourth-order valence-corrected chi connectivity index (χ4v) is 2.77. The van der Waals surface area contributed by atoms with Gasteiger partial charge in [0.05, 0.1) is 0 Å². The lowest BCUT2D eigenvalue weighted by atomic mass is 10.2. The smallest absolute Gasteiger partial charge is 0.0486 e. The van der Waals surface area contributed by atoms with Gasteiger partial charge in [0.15, 0.2) is 0 Å². The van der Waals surface area contributed by atoms with E-state index in [-0.39, 0.29) is 0 Å². The molecule has 2 nitrogen and oxygen atoms in total. The molecular formula is C19H22N2. The Bertz CT molecular complexity index is 698. The number of hydrogen-bond donors (Lipinski definition) is 1. The first-order valence-electron chi connectivity index (χ1n) is 7.70. The Morgan fingerprint density at radius 1 is 0.952 bits per heavy atom. The quantitative estimate of drug-likeness (QED) is 0.669. The van der Waals surface area contributed by atoms with E-state index in [1.807, 2.05) is 0 Å². The highest BCUT2D eigenvalue weighted by Gasteiger charge is 2.07. The van der Waals surface area contributed by atoms with Gasteiger partial charge in [0.2, 0.25) is 0 Å². The van der Waals surface area contributed by atoms with E-state index < -0.39 is 0 Å². The fraction of sp³-hybridized carbons (Fsp3) is 0.263. The summed E-state index contributed by atoms with van der Waals surface area (Å²) in [5.74, 6) is 0. The molecule has 3 aromatic rings. The molecule has 108 valence electrons. The van der Waals surface area contributed by atoms with Crippen molar-refractivity contribution in [2.24, 2.45) is 0 Å². The first kappa shape index (κ1) is 13.9. The average Bonchev–Trinajstić information content (AvgIpc) is 2.87. The predicted molar refractivity (Wildman–Crippen MR) is 89.5 cm³/mol. The molecular weight excluding hydrogens is 256 g/mol. The summed E-state index contributed by atoms with van der Waals surface area (Å²) in [6.07, 6.45) is 3.46. The molecule has 0 aliphatic rings. The lowest BCUT2D eigenvalue weighted by Crippen LogP contribution is -2.13. The van der Waals surface area contributed by atoms with Crippen LogP contribution in [0.4, 0.5) is 0 Å². The Hall–Kier alpha value is -2.06. The molecule has 0 atom stereocenters. The Morgan fingerprint density at radius 2 is 1.71 bits per heavy atom. The zero-order chi connectivity index (χ0) is 14.5. The van der Waals surface area contributed by atoms with E-state index in [2.05, 4.69) is 77.6 Å². The van der Waals surface area contributed by atoms with Crippen molar-refractivity contribution < 1.29 is 0 Å². The molecule has 1 aromatic heterocycles. The molecule has 1 N–H and O–H groups in total. The minimum absolute atomic E-state index is 0.926. The number of aromatic nitrogens is 1. The number of rotatable bonds is 6. The topological polar surface area (TPSA) is 17.0 Å². The van der Waals surface area contributed by atoms with Crippen LogP contribution in [0, 0.1) is 0 Å². The molecule has 0 radical (unpaired) electrons. The summed E-state index contributed by atoms with van der Waals surface area (Å²) in [4.78, 5) is 0. The number of hydrogen-bond acceptors (Lipinski definition) is 1. The van der Waals surface area contributed by atoms with Gasteiger partial charge in [-0.05, 0) is 30.2 Å². The van der Waals surface area contributed by atoms with Crippen LogP contribution in [0.2, 0.25) is 0 Å². The summed E-state index contributed by atoms with van der Waals surface area (Å²) in [5, 5.41) is 4.87. The van der Waals surface area contributed by atoms with Crippen LogP contribution in [0.5, 0.6) is 0 Å². The molecule has 2 aromatic carbocycles. The lowest BCUT2D eigenvalue weighted by molar-refractivity contribution is 0.675. The minimum Gasteiger partial charge on any atom is -0.343 e. The van der Waals surface area contributed by atoms with Gasteiger partial charge in [0.1, 0.15) is 0 Å². The van der Waals surface area contributed by atoms with E-state index in [0.29, 0.717) is 0 Å².